The summed E-state index contributed by atoms with van der Waals surface area (Å²) in [7, 11) is 0. The SMILES string of the molecule is NC(=O)C1CN2C=NNC2CN1. The number of carbonyl (C=O) groups is 1. The van der Waals surface area contributed by atoms with E-state index in [-0.39, 0.29) is 18.1 Å². The summed E-state index contributed by atoms with van der Waals surface area (Å²) in [5, 5.41) is 6.91. The summed E-state index contributed by atoms with van der Waals surface area (Å²) in [4.78, 5) is 12.8. The lowest BCUT2D eigenvalue weighted by Crippen LogP contribution is -2.61. The summed E-state index contributed by atoms with van der Waals surface area (Å²) in [6.45, 7) is 1.28. The van der Waals surface area contributed by atoms with Crippen molar-refractivity contribution >= 4 is 12.2 Å². The van der Waals surface area contributed by atoms with Gasteiger partial charge in [-0.25, -0.2) is 0 Å². The molecule has 1 amide bonds. The second-order valence-electron chi connectivity index (χ2n) is 2.95. The topological polar surface area (TPSA) is 82.8 Å². The number of rotatable bonds is 1. The first-order chi connectivity index (χ1) is 5.77. The lowest BCUT2D eigenvalue weighted by atomic mass is 10.2. The van der Waals surface area contributed by atoms with Crippen molar-refractivity contribution in [2.75, 3.05) is 13.1 Å². The van der Waals surface area contributed by atoms with E-state index in [2.05, 4.69) is 15.8 Å². The zero-order valence-corrected chi connectivity index (χ0v) is 6.53. The first-order valence-electron chi connectivity index (χ1n) is 3.84. The van der Waals surface area contributed by atoms with Gasteiger partial charge < -0.3 is 16.0 Å². The number of hydrogen-bond acceptors (Lipinski definition) is 5. The van der Waals surface area contributed by atoms with Gasteiger partial charge in [-0.1, -0.05) is 0 Å². The van der Waals surface area contributed by atoms with Crippen LogP contribution < -0.4 is 16.5 Å². The molecule has 12 heavy (non-hydrogen) atoms. The van der Waals surface area contributed by atoms with Crippen LogP contribution in [-0.4, -0.2) is 42.4 Å². The van der Waals surface area contributed by atoms with E-state index in [0.717, 1.165) is 0 Å². The molecule has 0 radical (unpaired) electrons. The number of nitrogens with one attached hydrogen (secondary N) is 2. The van der Waals surface area contributed by atoms with E-state index < -0.39 is 0 Å². The first-order valence-corrected chi connectivity index (χ1v) is 3.84. The van der Waals surface area contributed by atoms with E-state index in [1.165, 1.54) is 0 Å². The lowest BCUT2D eigenvalue weighted by Gasteiger charge is -2.33. The Morgan fingerprint density at radius 2 is 2.58 bits per heavy atom. The van der Waals surface area contributed by atoms with Gasteiger partial charge >= 0.3 is 0 Å². The summed E-state index contributed by atoms with van der Waals surface area (Å²) in [6, 6.07) is -0.257. The van der Waals surface area contributed by atoms with Crippen LogP contribution in [-0.2, 0) is 4.79 Å². The zero-order valence-electron chi connectivity index (χ0n) is 6.53. The van der Waals surface area contributed by atoms with E-state index in [4.69, 9.17) is 5.73 Å². The second kappa shape index (κ2) is 2.63. The molecular formula is C6H11N5O. The molecule has 0 aromatic heterocycles. The normalized spacial score (nSPS) is 32.8. The summed E-state index contributed by atoms with van der Waals surface area (Å²) in [5.41, 5.74) is 8.06. The minimum atomic E-state index is -0.311. The monoisotopic (exact) mass is 169 g/mol. The van der Waals surface area contributed by atoms with Gasteiger partial charge in [0.2, 0.25) is 5.91 Å². The molecular weight excluding hydrogens is 158 g/mol. The molecule has 0 spiro atoms. The predicted molar refractivity (Wildman–Crippen MR) is 43.1 cm³/mol. The largest absolute Gasteiger partial charge is 0.368 e. The maximum atomic E-state index is 10.8. The van der Waals surface area contributed by atoms with Gasteiger partial charge in [0.25, 0.3) is 0 Å². The molecule has 0 saturated carbocycles. The zero-order chi connectivity index (χ0) is 8.55. The maximum absolute atomic E-state index is 10.8. The minimum absolute atomic E-state index is 0.181. The van der Waals surface area contributed by atoms with E-state index in [1.54, 1.807) is 6.34 Å². The molecule has 0 bridgehead atoms. The molecule has 2 rings (SSSR count). The van der Waals surface area contributed by atoms with Crippen LogP contribution in [0.25, 0.3) is 0 Å². The van der Waals surface area contributed by atoms with Gasteiger partial charge in [0.05, 0.1) is 0 Å². The molecule has 1 saturated heterocycles. The van der Waals surface area contributed by atoms with Gasteiger partial charge in [-0.05, 0) is 0 Å². The number of carbonyl (C=O) groups excluding carboxylic acids is 1. The molecule has 6 nitrogen and oxygen atoms in total. The van der Waals surface area contributed by atoms with Crippen LogP contribution in [0.3, 0.4) is 0 Å². The molecule has 0 aromatic rings. The fourth-order valence-electron chi connectivity index (χ4n) is 1.41. The van der Waals surface area contributed by atoms with Crippen LogP contribution >= 0.6 is 0 Å². The number of piperazine rings is 1. The predicted octanol–water partition coefficient (Wildman–Crippen LogP) is -2.38. The average molecular weight is 169 g/mol. The van der Waals surface area contributed by atoms with Crippen LogP contribution in [0.1, 0.15) is 0 Å². The van der Waals surface area contributed by atoms with E-state index in [0.29, 0.717) is 13.1 Å². The van der Waals surface area contributed by atoms with Gasteiger partial charge in [-0.3, -0.25) is 10.2 Å². The smallest absolute Gasteiger partial charge is 0.236 e. The Morgan fingerprint density at radius 3 is 3.33 bits per heavy atom. The van der Waals surface area contributed by atoms with Crippen LogP contribution in [0.4, 0.5) is 0 Å². The van der Waals surface area contributed by atoms with Crippen LogP contribution in [0.15, 0.2) is 5.10 Å². The minimum Gasteiger partial charge on any atom is -0.368 e. The molecule has 2 aliphatic heterocycles. The van der Waals surface area contributed by atoms with Gasteiger partial charge in [0, 0.05) is 13.1 Å². The number of nitrogens with zero attached hydrogens (tertiary/aromatic N) is 2. The molecule has 2 aliphatic rings. The summed E-state index contributed by atoms with van der Waals surface area (Å²) >= 11 is 0. The molecule has 66 valence electrons. The highest BCUT2D eigenvalue weighted by molar-refractivity contribution is 5.80. The van der Waals surface area contributed by atoms with Gasteiger partial charge in [0.15, 0.2) is 0 Å². The van der Waals surface area contributed by atoms with Crippen molar-refractivity contribution in [1.29, 1.82) is 0 Å². The van der Waals surface area contributed by atoms with Gasteiger partial charge in [0.1, 0.15) is 18.5 Å². The Balaban J connectivity index is 2.00. The molecule has 1 fully saturated rings. The third kappa shape index (κ3) is 1.10. The lowest BCUT2D eigenvalue weighted by molar-refractivity contribution is -0.121. The van der Waals surface area contributed by atoms with E-state index in [9.17, 15) is 4.79 Å². The Morgan fingerprint density at radius 1 is 1.75 bits per heavy atom. The molecule has 0 aliphatic carbocycles. The Labute approximate surface area is 69.8 Å². The third-order valence-corrected chi connectivity index (χ3v) is 2.12. The molecule has 6 heteroatoms. The van der Waals surface area contributed by atoms with Crippen LogP contribution in [0, 0.1) is 0 Å². The van der Waals surface area contributed by atoms with Crippen LogP contribution in [0.5, 0.6) is 0 Å². The molecule has 0 aromatic carbocycles. The quantitative estimate of drug-likeness (QED) is 0.409. The molecule has 2 atom stereocenters. The standard InChI is InChI=1S/C6H11N5O/c7-6(12)4-2-11-3-9-10-5(11)1-8-4/h3-5,8,10H,1-2H2,(H2,7,12). The number of primary amides is 1. The molecule has 4 N–H and O–H groups in total. The van der Waals surface area contributed by atoms with Crippen molar-refractivity contribution in [3.8, 4) is 0 Å². The Bertz CT molecular complexity index is 228. The van der Waals surface area contributed by atoms with E-state index >= 15 is 0 Å². The number of amides is 1. The highest BCUT2D eigenvalue weighted by atomic mass is 16.1. The van der Waals surface area contributed by atoms with Crippen molar-refractivity contribution in [2.45, 2.75) is 12.2 Å². The number of hydrogen-bond donors (Lipinski definition) is 3. The van der Waals surface area contributed by atoms with Crippen molar-refractivity contribution in [1.82, 2.24) is 15.6 Å². The number of hydrazone groups is 1. The van der Waals surface area contributed by atoms with Gasteiger partial charge in [-0.15, -0.1) is 0 Å². The Hall–Kier alpha value is -1.30. The Kier molecular flexibility index (Phi) is 1.61. The summed E-state index contributed by atoms with van der Waals surface area (Å²) in [5.74, 6) is -0.311. The van der Waals surface area contributed by atoms with Gasteiger partial charge in [-0.2, -0.15) is 5.10 Å². The van der Waals surface area contributed by atoms with Crippen molar-refractivity contribution in [3.05, 3.63) is 0 Å². The average Bonchev–Trinajstić information content (AvgIpc) is 2.49. The van der Waals surface area contributed by atoms with E-state index in [1.807, 2.05) is 4.90 Å². The number of nitrogens with two attached hydrogens (primary N) is 1. The molecule has 2 unspecified atom stereocenters. The summed E-state index contributed by atoms with van der Waals surface area (Å²) < 4.78 is 0. The fourth-order valence-corrected chi connectivity index (χ4v) is 1.41. The fraction of sp³-hybridized carbons (Fsp3) is 0.667. The second-order valence-corrected chi connectivity index (χ2v) is 2.95. The summed E-state index contributed by atoms with van der Waals surface area (Å²) in [6.07, 6.45) is 1.88. The third-order valence-electron chi connectivity index (χ3n) is 2.12. The first kappa shape index (κ1) is 7.35. The van der Waals surface area contributed by atoms with Crippen molar-refractivity contribution < 1.29 is 4.79 Å². The number of fused-ring (bicyclic) bond motifs is 1. The highest BCUT2D eigenvalue weighted by Gasteiger charge is 2.30. The van der Waals surface area contributed by atoms with Crippen molar-refractivity contribution in [3.63, 3.8) is 0 Å². The molecule has 2 heterocycles. The maximum Gasteiger partial charge on any atom is 0.236 e. The highest BCUT2D eigenvalue weighted by Crippen LogP contribution is 2.05. The van der Waals surface area contributed by atoms with Crippen LogP contribution in [0.2, 0.25) is 0 Å². The van der Waals surface area contributed by atoms with Crippen molar-refractivity contribution in [2.24, 2.45) is 10.8 Å².